The lowest BCUT2D eigenvalue weighted by Gasteiger charge is -2.38. The number of anilines is 1. The third-order valence-corrected chi connectivity index (χ3v) is 4.45. The van der Waals surface area contributed by atoms with Crippen LogP contribution < -0.4 is 11.1 Å². The van der Waals surface area contributed by atoms with Gasteiger partial charge < -0.3 is 16.0 Å². The van der Waals surface area contributed by atoms with Crippen LogP contribution in [0.25, 0.3) is 0 Å². The van der Waals surface area contributed by atoms with Gasteiger partial charge in [-0.15, -0.1) is 12.4 Å². The average molecular weight is 371 g/mol. The lowest BCUT2D eigenvalue weighted by Crippen LogP contribution is -2.51. The Morgan fingerprint density at radius 3 is 2.68 bits per heavy atom. The lowest BCUT2D eigenvalue weighted by molar-refractivity contribution is -0.384. The minimum atomic E-state index is -0.421. The van der Waals surface area contributed by atoms with E-state index in [1.165, 1.54) is 12.1 Å². The molecule has 1 aromatic carbocycles. The average Bonchev–Trinajstić information content (AvgIpc) is 2.58. The summed E-state index contributed by atoms with van der Waals surface area (Å²) in [5.41, 5.74) is 6.90. The van der Waals surface area contributed by atoms with Crippen LogP contribution in [0.2, 0.25) is 0 Å². The fourth-order valence-corrected chi connectivity index (χ4v) is 3.13. The summed E-state index contributed by atoms with van der Waals surface area (Å²) in [4.78, 5) is 24.5. The van der Waals surface area contributed by atoms with E-state index in [1.54, 1.807) is 12.1 Å². The van der Waals surface area contributed by atoms with Crippen molar-refractivity contribution in [3.63, 3.8) is 0 Å². The molecule has 140 valence electrons. The molecule has 1 saturated heterocycles. The number of nitrogens with zero attached hydrogens (tertiary/aromatic N) is 2. The van der Waals surface area contributed by atoms with E-state index in [1.807, 2.05) is 11.8 Å². The summed E-state index contributed by atoms with van der Waals surface area (Å²) in [6.45, 7) is 3.42. The molecule has 1 heterocycles. The Morgan fingerprint density at radius 2 is 2.08 bits per heavy atom. The van der Waals surface area contributed by atoms with Gasteiger partial charge in [-0.25, -0.2) is 0 Å². The van der Waals surface area contributed by atoms with Crippen LogP contribution in [0.4, 0.5) is 11.4 Å². The maximum absolute atomic E-state index is 12.4. The minimum Gasteiger partial charge on any atom is -0.385 e. The van der Waals surface area contributed by atoms with Crippen molar-refractivity contribution in [3.05, 3.63) is 34.4 Å². The summed E-state index contributed by atoms with van der Waals surface area (Å²) >= 11 is 0. The van der Waals surface area contributed by atoms with Gasteiger partial charge in [-0.3, -0.25) is 14.9 Å². The molecule has 0 aliphatic carbocycles. The zero-order valence-electron chi connectivity index (χ0n) is 14.5. The number of hydrogen-bond acceptors (Lipinski definition) is 5. The molecule has 2 rings (SSSR count). The van der Waals surface area contributed by atoms with Gasteiger partial charge in [-0.1, -0.05) is 0 Å². The predicted octanol–water partition coefficient (Wildman–Crippen LogP) is 2.94. The Kier molecular flexibility index (Phi) is 8.65. The molecule has 8 heteroatoms. The van der Waals surface area contributed by atoms with Crippen LogP contribution in [0.5, 0.6) is 0 Å². The maximum atomic E-state index is 12.4. The molecule has 0 radical (unpaired) electrons. The number of hydrogen-bond donors (Lipinski definition) is 2. The Hall–Kier alpha value is -1.86. The number of carbonyl (C=O) groups excluding carboxylic acids is 1. The Balaban J connectivity index is 0.00000312. The van der Waals surface area contributed by atoms with Gasteiger partial charge >= 0.3 is 0 Å². The number of piperidine rings is 1. The fourth-order valence-electron chi connectivity index (χ4n) is 3.13. The molecule has 1 amide bonds. The molecule has 1 aliphatic heterocycles. The molecule has 0 aromatic heterocycles. The van der Waals surface area contributed by atoms with E-state index in [0.717, 1.165) is 37.9 Å². The van der Waals surface area contributed by atoms with Gasteiger partial charge in [0.1, 0.15) is 0 Å². The number of nitrogens with one attached hydrogen (secondary N) is 1. The third kappa shape index (κ3) is 6.17. The van der Waals surface area contributed by atoms with Crippen LogP contribution in [0.3, 0.4) is 0 Å². The zero-order chi connectivity index (χ0) is 17.5. The second-order valence-corrected chi connectivity index (χ2v) is 6.34. The van der Waals surface area contributed by atoms with Crippen molar-refractivity contribution in [2.24, 2.45) is 5.73 Å². The lowest BCUT2D eigenvalue weighted by atomic mass is 9.96. The van der Waals surface area contributed by atoms with Gasteiger partial charge in [0.25, 0.3) is 5.69 Å². The number of nitro benzene ring substituents is 1. The SMILES string of the molecule is CC(N)C1CCCCN1C(=O)CCCNc1ccc([N+](=O)[O-])cc1.Cl. The molecule has 2 atom stereocenters. The standard InChI is InChI=1S/C17H26N4O3.ClH/c1-13(18)16-5-2-3-12-20(16)17(22)6-4-11-19-14-7-9-15(10-8-14)21(23)24;/h7-10,13,16,19H,2-6,11-12,18H2,1H3;1H. The van der Waals surface area contributed by atoms with Crippen molar-refractivity contribution >= 4 is 29.7 Å². The van der Waals surface area contributed by atoms with Crippen LogP contribution in [0.1, 0.15) is 39.0 Å². The van der Waals surface area contributed by atoms with Crippen LogP contribution >= 0.6 is 12.4 Å². The molecule has 25 heavy (non-hydrogen) atoms. The van der Waals surface area contributed by atoms with Crippen LogP contribution in [0.15, 0.2) is 24.3 Å². The smallest absolute Gasteiger partial charge is 0.269 e. The Labute approximate surface area is 154 Å². The van der Waals surface area contributed by atoms with E-state index in [0.29, 0.717) is 13.0 Å². The molecule has 7 nitrogen and oxygen atoms in total. The molecular formula is C17H27ClN4O3. The topological polar surface area (TPSA) is 102 Å². The molecular weight excluding hydrogens is 344 g/mol. The monoisotopic (exact) mass is 370 g/mol. The Morgan fingerprint density at radius 1 is 1.40 bits per heavy atom. The molecule has 1 aliphatic rings. The molecule has 1 aromatic rings. The number of nitro groups is 1. The second kappa shape index (κ2) is 10.2. The van der Waals surface area contributed by atoms with Crippen molar-refractivity contribution in [3.8, 4) is 0 Å². The van der Waals surface area contributed by atoms with E-state index >= 15 is 0 Å². The minimum absolute atomic E-state index is 0. The Bertz CT molecular complexity index is 566. The van der Waals surface area contributed by atoms with E-state index < -0.39 is 4.92 Å². The third-order valence-electron chi connectivity index (χ3n) is 4.45. The summed E-state index contributed by atoms with van der Waals surface area (Å²) in [5, 5.41) is 13.8. The number of amides is 1. The normalized spacial score (nSPS) is 18.2. The summed E-state index contributed by atoms with van der Waals surface area (Å²) in [7, 11) is 0. The number of likely N-dealkylation sites (tertiary alicyclic amines) is 1. The number of benzene rings is 1. The van der Waals surface area contributed by atoms with E-state index in [2.05, 4.69) is 5.32 Å². The summed E-state index contributed by atoms with van der Waals surface area (Å²) < 4.78 is 0. The van der Waals surface area contributed by atoms with Crippen LogP contribution in [0, 0.1) is 10.1 Å². The molecule has 2 unspecified atom stereocenters. The first-order chi connectivity index (χ1) is 11.5. The highest BCUT2D eigenvalue weighted by atomic mass is 35.5. The van der Waals surface area contributed by atoms with Crippen molar-refractivity contribution in [2.45, 2.75) is 51.1 Å². The zero-order valence-corrected chi connectivity index (χ0v) is 15.3. The van der Waals surface area contributed by atoms with E-state index in [4.69, 9.17) is 5.73 Å². The molecule has 0 bridgehead atoms. The first-order valence-corrected chi connectivity index (χ1v) is 8.52. The summed E-state index contributed by atoms with van der Waals surface area (Å²) in [6, 6.07) is 6.46. The highest BCUT2D eigenvalue weighted by molar-refractivity contribution is 5.85. The van der Waals surface area contributed by atoms with Gasteiger partial charge in [0.2, 0.25) is 5.91 Å². The highest BCUT2D eigenvalue weighted by Gasteiger charge is 2.28. The highest BCUT2D eigenvalue weighted by Crippen LogP contribution is 2.20. The van der Waals surface area contributed by atoms with Crippen molar-refractivity contribution in [2.75, 3.05) is 18.4 Å². The summed E-state index contributed by atoms with van der Waals surface area (Å²) in [5.74, 6) is 0.169. The number of nitrogens with two attached hydrogens (primary N) is 1. The summed E-state index contributed by atoms with van der Waals surface area (Å²) in [6.07, 6.45) is 4.39. The quantitative estimate of drug-likeness (QED) is 0.436. The van der Waals surface area contributed by atoms with Gasteiger partial charge in [0.05, 0.1) is 4.92 Å². The molecule has 0 saturated carbocycles. The molecule has 3 N–H and O–H groups in total. The van der Waals surface area contributed by atoms with E-state index in [9.17, 15) is 14.9 Å². The first-order valence-electron chi connectivity index (χ1n) is 8.52. The number of carbonyl (C=O) groups is 1. The van der Waals surface area contributed by atoms with Gasteiger partial charge in [-0.2, -0.15) is 0 Å². The molecule has 1 fully saturated rings. The first kappa shape index (κ1) is 21.2. The van der Waals surface area contributed by atoms with Gasteiger partial charge in [0.15, 0.2) is 0 Å². The molecule has 0 spiro atoms. The second-order valence-electron chi connectivity index (χ2n) is 6.34. The van der Waals surface area contributed by atoms with Gasteiger partial charge in [0, 0.05) is 49.4 Å². The van der Waals surface area contributed by atoms with E-state index in [-0.39, 0.29) is 36.1 Å². The number of halogens is 1. The predicted molar refractivity (Wildman–Crippen MR) is 101 cm³/mol. The van der Waals surface area contributed by atoms with Crippen molar-refractivity contribution in [1.82, 2.24) is 4.90 Å². The number of rotatable bonds is 7. The maximum Gasteiger partial charge on any atom is 0.269 e. The van der Waals surface area contributed by atoms with Gasteiger partial charge in [-0.05, 0) is 44.7 Å². The fraction of sp³-hybridized carbons (Fsp3) is 0.588. The number of non-ortho nitro benzene ring substituents is 1. The largest absolute Gasteiger partial charge is 0.385 e. The van der Waals surface area contributed by atoms with Crippen molar-refractivity contribution < 1.29 is 9.72 Å². The van der Waals surface area contributed by atoms with Crippen LogP contribution in [-0.4, -0.2) is 40.9 Å². The van der Waals surface area contributed by atoms with Crippen molar-refractivity contribution in [1.29, 1.82) is 0 Å². The van der Waals surface area contributed by atoms with Crippen LogP contribution in [-0.2, 0) is 4.79 Å².